The van der Waals surface area contributed by atoms with Crippen molar-refractivity contribution in [2.24, 2.45) is 23.2 Å². The summed E-state index contributed by atoms with van der Waals surface area (Å²) in [6.07, 6.45) is 10.1. The normalized spacial score (nSPS) is 26.5. The van der Waals surface area contributed by atoms with Gasteiger partial charge in [0.1, 0.15) is 0 Å². The predicted octanol–water partition coefficient (Wildman–Crippen LogP) is 8.04. The first-order valence-corrected chi connectivity index (χ1v) is 16.4. The fourth-order valence-electron chi connectivity index (χ4n) is 7.68. The van der Waals surface area contributed by atoms with Crippen LogP contribution in [0.25, 0.3) is 20.2 Å². The van der Waals surface area contributed by atoms with E-state index in [1.165, 1.54) is 38.5 Å². The van der Waals surface area contributed by atoms with Crippen LogP contribution in [-0.4, -0.2) is 29.2 Å². The summed E-state index contributed by atoms with van der Waals surface area (Å²) in [6.45, 7) is 0.870. The lowest BCUT2D eigenvalue weighted by Crippen LogP contribution is -2.48. The molecule has 4 saturated carbocycles. The molecule has 0 atom stereocenters. The van der Waals surface area contributed by atoms with Crippen molar-refractivity contribution < 1.29 is 32.6 Å². The summed E-state index contributed by atoms with van der Waals surface area (Å²) in [5.74, 6) is 1.94. The van der Waals surface area contributed by atoms with Crippen LogP contribution in [0.2, 0.25) is 0 Å². The summed E-state index contributed by atoms with van der Waals surface area (Å²) in [7, 11) is -3.95. The highest BCUT2D eigenvalue weighted by atomic mass is 32.1. The van der Waals surface area contributed by atoms with Gasteiger partial charge in [-0.3, -0.25) is 4.57 Å². The van der Waals surface area contributed by atoms with Crippen LogP contribution in [0.5, 0.6) is 11.5 Å². The first-order chi connectivity index (χ1) is 18.2. The van der Waals surface area contributed by atoms with Crippen LogP contribution in [0.3, 0.4) is 0 Å². The fraction of sp³-hybridized carbons (Fsp3) is 0.586. The van der Waals surface area contributed by atoms with Crippen LogP contribution < -0.4 is 9.47 Å². The summed E-state index contributed by atoms with van der Waals surface area (Å²) in [5, 5.41) is 1.35. The highest BCUT2D eigenvalue weighted by Crippen LogP contribution is 2.60. The average molecular weight is 565 g/mol. The Bertz CT molecular complexity index is 1350. The van der Waals surface area contributed by atoms with Crippen LogP contribution in [0.1, 0.15) is 64.2 Å². The van der Waals surface area contributed by atoms with Gasteiger partial charge in [0.05, 0.1) is 22.6 Å². The number of fused-ring (bicyclic) bond motifs is 3. The minimum absolute atomic E-state index is 0.114. The zero-order valence-electron chi connectivity index (χ0n) is 21.5. The Morgan fingerprint density at radius 2 is 1.34 bits per heavy atom. The van der Waals surface area contributed by atoms with Crippen molar-refractivity contribution in [1.29, 1.82) is 0 Å². The number of halogens is 2. The number of rotatable bonds is 11. The van der Waals surface area contributed by atoms with E-state index in [1.54, 1.807) is 18.2 Å². The Morgan fingerprint density at radius 3 is 1.89 bits per heavy atom. The monoisotopic (exact) mass is 564 g/mol. The second-order valence-corrected chi connectivity index (χ2v) is 14.8. The van der Waals surface area contributed by atoms with Crippen LogP contribution in [0, 0.1) is 34.8 Å². The van der Waals surface area contributed by atoms with Gasteiger partial charge in [-0.1, -0.05) is 12.8 Å². The van der Waals surface area contributed by atoms with E-state index in [4.69, 9.17) is 19.3 Å². The molecule has 206 valence electrons. The molecule has 0 radical (unpaired) electrons. The van der Waals surface area contributed by atoms with E-state index >= 15 is 8.78 Å². The molecule has 5 nitrogen and oxygen atoms in total. The Balaban J connectivity index is 1.12. The zero-order valence-corrected chi connectivity index (χ0v) is 23.2. The van der Waals surface area contributed by atoms with Gasteiger partial charge in [0, 0.05) is 22.3 Å². The van der Waals surface area contributed by atoms with E-state index in [0.717, 1.165) is 35.5 Å². The summed E-state index contributed by atoms with van der Waals surface area (Å²) < 4.78 is 54.4. The van der Waals surface area contributed by atoms with Crippen LogP contribution in [0.15, 0.2) is 24.3 Å². The van der Waals surface area contributed by atoms with Gasteiger partial charge in [0.2, 0.25) is 0 Å². The minimum Gasteiger partial charge on any atom is -0.490 e. The lowest BCUT2D eigenvalue weighted by Gasteiger charge is -2.56. The summed E-state index contributed by atoms with van der Waals surface area (Å²) in [6, 6.07) is 6.90. The van der Waals surface area contributed by atoms with Gasteiger partial charge < -0.3 is 19.3 Å². The molecule has 4 aliphatic rings. The summed E-state index contributed by atoms with van der Waals surface area (Å²) >= 11 is 1.10. The highest BCUT2D eigenvalue weighted by molar-refractivity contribution is 7.51. The summed E-state index contributed by atoms with van der Waals surface area (Å²) in [4.78, 5) is 17.8. The average Bonchev–Trinajstić information content (AvgIpc) is 3.23. The third-order valence-corrected chi connectivity index (χ3v) is 11.0. The Kier molecular flexibility index (Phi) is 7.21. The lowest BCUT2D eigenvalue weighted by atomic mass is 9.50. The van der Waals surface area contributed by atoms with E-state index < -0.39 is 19.2 Å². The molecule has 3 aromatic rings. The van der Waals surface area contributed by atoms with E-state index in [-0.39, 0.29) is 23.1 Å². The summed E-state index contributed by atoms with van der Waals surface area (Å²) in [5.41, 5.74) is 0.189. The first kappa shape index (κ1) is 26.5. The SMILES string of the molecule is O=P(O)(O)CCCCCCOc1ccc2c(sc3c(F)c(OCC45CC6CC(CC(C6)C4)C5)ccc32)c1F. The number of thiophene rings is 1. The van der Waals surface area contributed by atoms with Gasteiger partial charge in [-0.2, -0.15) is 0 Å². The molecule has 0 saturated heterocycles. The van der Waals surface area contributed by atoms with Crippen LogP contribution in [-0.2, 0) is 4.57 Å². The second kappa shape index (κ2) is 10.3. The van der Waals surface area contributed by atoms with E-state index in [9.17, 15) is 4.57 Å². The van der Waals surface area contributed by atoms with Crippen LogP contribution in [0.4, 0.5) is 8.78 Å². The Labute approximate surface area is 225 Å². The molecule has 0 amide bonds. The van der Waals surface area contributed by atoms with E-state index in [0.29, 0.717) is 52.6 Å². The third kappa shape index (κ3) is 5.34. The van der Waals surface area contributed by atoms with Gasteiger partial charge in [0.15, 0.2) is 23.1 Å². The molecule has 0 unspecified atom stereocenters. The molecule has 1 heterocycles. The molecule has 0 aliphatic heterocycles. The van der Waals surface area contributed by atoms with Gasteiger partial charge in [-0.05, 0) is 93.4 Å². The molecule has 9 heteroatoms. The molecule has 38 heavy (non-hydrogen) atoms. The maximum Gasteiger partial charge on any atom is 0.325 e. The molecule has 0 spiro atoms. The van der Waals surface area contributed by atoms with Crippen molar-refractivity contribution in [3.63, 3.8) is 0 Å². The number of ether oxygens (including phenoxy) is 2. The van der Waals surface area contributed by atoms with Crippen LogP contribution >= 0.6 is 18.9 Å². The van der Waals surface area contributed by atoms with Crippen molar-refractivity contribution in [2.75, 3.05) is 19.4 Å². The minimum atomic E-state index is -3.95. The third-order valence-electron chi connectivity index (χ3n) is 8.92. The zero-order chi connectivity index (χ0) is 26.5. The van der Waals surface area contributed by atoms with Gasteiger partial charge in [0.25, 0.3) is 0 Å². The largest absolute Gasteiger partial charge is 0.490 e. The first-order valence-electron chi connectivity index (χ1n) is 13.8. The van der Waals surface area contributed by atoms with Crippen molar-refractivity contribution in [3.05, 3.63) is 35.9 Å². The fourth-order valence-corrected chi connectivity index (χ4v) is 9.47. The molecule has 4 fully saturated rings. The quantitative estimate of drug-likeness (QED) is 0.182. The standard InChI is InChI=1S/C29H35F2O5PS/c30-25-23(35-9-3-1-2-4-10-37(32,33)34)7-5-21-22-6-8-24(26(31)28(22)38-27(21)25)36-17-29-14-18-11-19(15-29)13-20(12-18)16-29/h5-8,18-20H,1-4,9-17H2,(H2,32,33,34). The van der Waals surface area contributed by atoms with Gasteiger partial charge in [-0.15, -0.1) is 11.3 Å². The number of hydrogen-bond donors (Lipinski definition) is 2. The molecule has 2 N–H and O–H groups in total. The Morgan fingerprint density at radius 1 is 0.816 bits per heavy atom. The van der Waals surface area contributed by atoms with Crippen molar-refractivity contribution in [3.8, 4) is 11.5 Å². The number of hydrogen-bond acceptors (Lipinski definition) is 4. The molecule has 4 bridgehead atoms. The van der Waals surface area contributed by atoms with E-state index in [1.807, 2.05) is 6.07 Å². The number of unbranched alkanes of at least 4 members (excludes halogenated alkanes) is 3. The maximum atomic E-state index is 15.6. The smallest absolute Gasteiger partial charge is 0.325 e. The van der Waals surface area contributed by atoms with Crippen molar-refractivity contribution in [2.45, 2.75) is 64.2 Å². The topological polar surface area (TPSA) is 76.0 Å². The molecule has 2 aromatic carbocycles. The number of benzene rings is 2. The molecular weight excluding hydrogens is 529 g/mol. The van der Waals surface area contributed by atoms with E-state index in [2.05, 4.69) is 0 Å². The molecular formula is C29H35F2O5PS. The van der Waals surface area contributed by atoms with Gasteiger partial charge in [-0.25, -0.2) is 8.78 Å². The van der Waals surface area contributed by atoms with Gasteiger partial charge >= 0.3 is 7.60 Å². The van der Waals surface area contributed by atoms with Crippen molar-refractivity contribution in [1.82, 2.24) is 0 Å². The maximum absolute atomic E-state index is 15.6. The second-order valence-electron chi connectivity index (χ2n) is 12.0. The molecule has 4 aliphatic carbocycles. The highest BCUT2D eigenvalue weighted by Gasteiger charge is 2.51. The van der Waals surface area contributed by atoms with Crippen molar-refractivity contribution >= 4 is 39.1 Å². The predicted molar refractivity (Wildman–Crippen MR) is 146 cm³/mol. The molecule has 1 aromatic heterocycles. The molecule has 7 rings (SSSR count). The Hall–Kier alpha value is -1.73. The lowest BCUT2D eigenvalue weighted by molar-refractivity contribution is -0.0749.